The van der Waals surface area contributed by atoms with Gasteiger partial charge >= 0.3 is 0 Å². The van der Waals surface area contributed by atoms with Crippen LogP contribution in [0, 0.1) is 36.9 Å². The number of aryl methyl sites for hydroxylation is 1. The third-order valence-corrected chi connectivity index (χ3v) is 8.09. The van der Waals surface area contributed by atoms with E-state index >= 15 is 4.39 Å². The molecule has 2 fully saturated rings. The molecule has 0 spiro atoms. The Balaban J connectivity index is 1.57. The van der Waals surface area contributed by atoms with Crippen molar-refractivity contribution in [3.63, 3.8) is 0 Å². The fourth-order valence-electron chi connectivity index (χ4n) is 4.72. The number of hydrogen-bond acceptors (Lipinski definition) is 4. The van der Waals surface area contributed by atoms with E-state index in [1.54, 1.807) is 6.20 Å². The van der Waals surface area contributed by atoms with Crippen molar-refractivity contribution in [3.05, 3.63) is 51.2 Å². The lowest BCUT2D eigenvalue weighted by atomic mass is 9.97. The van der Waals surface area contributed by atoms with Gasteiger partial charge in [-0.2, -0.15) is 0 Å². The first kappa shape index (κ1) is 19.6. The van der Waals surface area contributed by atoms with Crippen LogP contribution in [0.5, 0.6) is 0 Å². The third-order valence-electron chi connectivity index (χ3n) is 6.70. The average molecular weight is 443 g/mol. The summed E-state index contributed by atoms with van der Waals surface area (Å²) in [7, 11) is 0. The molecule has 0 bridgehead atoms. The van der Waals surface area contributed by atoms with Gasteiger partial charge in [-0.15, -0.1) is 11.3 Å². The number of benzene rings is 1. The molecule has 4 nitrogen and oxygen atoms in total. The fourth-order valence-corrected chi connectivity index (χ4v) is 6.15. The maximum atomic E-state index is 15.2. The summed E-state index contributed by atoms with van der Waals surface area (Å²) in [6, 6.07) is 5.62. The molecular formula is C23H20ClFN2O2S. The summed E-state index contributed by atoms with van der Waals surface area (Å²) in [4.78, 5) is 31.1. The number of pyridine rings is 1. The maximum Gasteiger partial charge on any atom is 0.234 e. The molecule has 2 unspecified atom stereocenters. The summed E-state index contributed by atoms with van der Waals surface area (Å²) >= 11 is 7.52. The van der Waals surface area contributed by atoms with Crippen LogP contribution in [0.4, 0.5) is 4.39 Å². The molecule has 2 amide bonds. The topological polar surface area (TPSA) is 50.3 Å². The molecule has 154 valence electrons. The van der Waals surface area contributed by atoms with Gasteiger partial charge in [-0.05, 0) is 54.2 Å². The molecule has 1 saturated heterocycles. The molecule has 1 aliphatic carbocycles. The van der Waals surface area contributed by atoms with Gasteiger partial charge in [0, 0.05) is 16.8 Å². The Labute approximate surface area is 182 Å². The Kier molecular flexibility index (Phi) is 4.15. The van der Waals surface area contributed by atoms with Crippen LogP contribution in [-0.4, -0.2) is 21.7 Å². The molecule has 3 heterocycles. The average Bonchev–Trinajstić information content (AvgIpc) is 2.96. The van der Waals surface area contributed by atoms with Gasteiger partial charge < -0.3 is 0 Å². The minimum absolute atomic E-state index is 0.0411. The molecule has 0 N–H and O–H groups in total. The van der Waals surface area contributed by atoms with E-state index in [2.05, 4.69) is 4.98 Å². The lowest BCUT2D eigenvalue weighted by Crippen LogP contribution is -2.35. The summed E-state index contributed by atoms with van der Waals surface area (Å²) in [6.07, 6.45) is 1.58. The monoisotopic (exact) mass is 442 g/mol. The van der Waals surface area contributed by atoms with Crippen molar-refractivity contribution in [1.82, 2.24) is 9.88 Å². The van der Waals surface area contributed by atoms with E-state index in [4.69, 9.17) is 11.6 Å². The van der Waals surface area contributed by atoms with Gasteiger partial charge in [0.1, 0.15) is 5.52 Å². The quantitative estimate of drug-likeness (QED) is 0.502. The van der Waals surface area contributed by atoms with Gasteiger partial charge in [0.25, 0.3) is 0 Å². The standard InChI is InChI=1S/C23H20ClFN2O2S/c1-10-7-12(24)8-14(11(10)2)13-5-6-26-19-18(25)15(30-20(13)19)9-27-21(28)16-17(22(27)29)23(16,3)4/h5-8,16-17H,9H2,1-4H3. The number of imide groups is 1. The van der Waals surface area contributed by atoms with Crippen molar-refractivity contribution in [3.8, 4) is 11.1 Å². The van der Waals surface area contributed by atoms with E-state index in [9.17, 15) is 9.59 Å². The van der Waals surface area contributed by atoms with Crippen LogP contribution < -0.4 is 0 Å². The van der Waals surface area contributed by atoms with Crippen molar-refractivity contribution in [1.29, 1.82) is 0 Å². The van der Waals surface area contributed by atoms with Gasteiger partial charge in [-0.3, -0.25) is 19.5 Å². The molecule has 2 aliphatic rings. The molecule has 2 aromatic heterocycles. The van der Waals surface area contributed by atoms with Crippen molar-refractivity contribution in [2.24, 2.45) is 17.3 Å². The molecule has 1 aromatic carbocycles. The van der Waals surface area contributed by atoms with E-state index in [1.807, 2.05) is 45.9 Å². The zero-order valence-corrected chi connectivity index (χ0v) is 18.6. The Morgan fingerprint density at radius 2 is 1.83 bits per heavy atom. The van der Waals surface area contributed by atoms with Crippen molar-refractivity contribution >= 4 is 45.0 Å². The highest BCUT2D eigenvalue weighted by molar-refractivity contribution is 7.19. The Hall–Kier alpha value is -2.31. The highest BCUT2D eigenvalue weighted by atomic mass is 35.5. The Morgan fingerprint density at radius 1 is 1.17 bits per heavy atom. The van der Waals surface area contributed by atoms with Crippen LogP contribution in [-0.2, 0) is 16.1 Å². The van der Waals surface area contributed by atoms with E-state index in [-0.39, 0.29) is 41.1 Å². The van der Waals surface area contributed by atoms with Gasteiger partial charge in [-0.1, -0.05) is 25.4 Å². The summed E-state index contributed by atoms with van der Waals surface area (Å²) in [6.45, 7) is 7.82. The number of hydrogen-bond donors (Lipinski definition) is 0. The first-order chi connectivity index (χ1) is 14.1. The number of amides is 2. The largest absolute Gasteiger partial charge is 0.277 e. The van der Waals surface area contributed by atoms with Crippen LogP contribution in [0.3, 0.4) is 0 Å². The lowest BCUT2D eigenvalue weighted by Gasteiger charge is -2.19. The molecule has 5 rings (SSSR count). The number of halogens is 2. The second-order valence-corrected chi connectivity index (χ2v) is 10.4. The van der Waals surface area contributed by atoms with Gasteiger partial charge in [0.15, 0.2) is 5.82 Å². The minimum Gasteiger partial charge on any atom is -0.277 e. The zero-order chi connectivity index (χ0) is 21.5. The van der Waals surface area contributed by atoms with Gasteiger partial charge in [0.2, 0.25) is 11.8 Å². The van der Waals surface area contributed by atoms with Crippen molar-refractivity contribution < 1.29 is 14.0 Å². The fraction of sp³-hybridized carbons (Fsp3) is 0.348. The van der Waals surface area contributed by atoms with Crippen molar-refractivity contribution in [2.45, 2.75) is 34.2 Å². The number of fused-ring (bicyclic) bond motifs is 2. The number of piperidine rings is 1. The first-order valence-electron chi connectivity index (χ1n) is 9.81. The minimum atomic E-state index is -0.464. The molecule has 7 heteroatoms. The Bertz CT molecular complexity index is 1240. The lowest BCUT2D eigenvalue weighted by molar-refractivity contribution is -0.143. The van der Waals surface area contributed by atoms with Crippen LogP contribution >= 0.6 is 22.9 Å². The second-order valence-electron chi connectivity index (χ2n) is 8.81. The van der Waals surface area contributed by atoms with E-state index in [0.717, 1.165) is 22.3 Å². The summed E-state index contributed by atoms with van der Waals surface area (Å²) in [5.74, 6) is -1.39. The second kappa shape index (κ2) is 6.34. The van der Waals surface area contributed by atoms with Gasteiger partial charge in [0.05, 0.1) is 28.0 Å². The number of likely N-dealkylation sites (tertiary alicyclic amines) is 1. The highest BCUT2D eigenvalue weighted by Gasteiger charge is 2.72. The predicted octanol–water partition coefficient (Wildman–Crippen LogP) is 5.51. The molecule has 30 heavy (non-hydrogen) atoms. The van der Waals surface area contributed by atoms with Crippen molar-refractivity contribution in [2.75, 3.05) is 0 Å². The zero-order valence-electron chi connectivity index (χ0n) is 17.0. The number of rotatable bonds is 3. The third kappa shape index (κ3) is 2.59. The summed E-state index contributed by atoms with van der Waals surface area (Å²) < 4.78 is 15.9. The number of carbonyl (C=O) groups excluding carboxylic acids is 2. The molecule has 3 aromatic rings. The number of nitrogens with zero attached hydrogens (tertiary/aromatic N) is 2. The van der Waals surface area contributed by atoms with Crippen LogP contribution in [0.15, 0.2) is 24.4 Å². The number of carbonyl (C=O) groups is 2. The first-order valence-corrected chi connectivity index (χ1v) is 11.0. The SMILES string of the molecule is Cc1cc(Cl)cc(-c2ccnc3c(F)c(CN4C(=O)C5C(C4=O)C5(C)C)sc23)c1C. The van der Waals surface area contributed by atoms with Gasteiger partial charge in [-0.25, -0.2) is 4.39 Å². The maximum absolute atomic E-state index is 15.2. The molecule has 2 atom stereocenters. The molecular weight excluding hydrogens is 423 g/mol. The molecule has 1 aliphatic heterocycles. The number of aromatic nitrogens is 1. The molecule has 1 saturated carbocycles. The Morgan fingerprint density at radius 3 is 2.50 bits per heavy atom. The van der Waals surface area contributed by atoms with E-state index in [0.29, 0.717) is 14.6 Å². The van der Waals surface area contributed by atoms with E-state index < -0.39 is 5.82 Å². The summed E-state index contributed by atoms with van der Waals surface area (Å²) in [5, 5.41) is 0.616. The highest BCUT2D eigenvalue weighted by Crippen LogP contribution is 2.63. The number of thiophene rings is 1. The summed E-state index contributed by atoms with van der Waals surface area (Å²) in [5.41, 5.74) is 3.87. The van der Waals surface area contributed by atoms with Crippen LogP contribution in [0.2, 0.25) is 5.02 Å². The normalized spacial score (nSPS) is 22.1. The smallest absolute Gasteiger partial charge is 0.234 e. The van der Waals surface area contributed by atoms with Crippen LogP contribution in [0.25, 0.3) is 21.3 Å². The van der Waals surface area contributed by atoms with E-state index in [1.165, 1.54) is 16.2 Å². The van der Waals surface area contributed by atoms with Crippen LogP contribution in [0.1, 0.15) is 29.9 Å². The molecule has 0 radical (unpaired) electrons. The predicted molar refractivity (Wildman–Crippen MR) is 116 cm³/mol.